The molecule has 2 N–H and O–H groups in total. The average molecular weight is 286 g/mol. The maximum atomic E-state index is 11.9. The molecule has 6 nitrogen and oxygen atoms in total. The molecule has 1 aromatic heterocycles. The molecule has 1 rings (SSSR count). The minimum Gasteiger partial charge on any atom is -0.354 e. The van der Waals surface area contributed by atoms with E-state index < -0.39 is 10.0 Å². The molecule has 0 aliphatic rings. The van der Waals surface area contributed by atoms with E-state index in [1.165, 1.54) is 12.4 Å². The molecular formula is C12H22N4O2S. The molecule has 0 fully saturated rings. The van der Waals surface area contributed by atoms with Crippen LogP contribution < -0.4 is 10.0 Å². The Hall–Kier alpha value is -1.21. The fraction of sp³-hybridized carbons (Fsp3) is 0.667. The van der Waals surface area contributed by atoms with E-state index in [1.807, 2.05) is 6.92 Å². The normalized spacial score (nSPS) is 11.5. The number of nitrogens with one attached hydrogen (secondary N) is 2. The number of unbranched alkanes of at least 4 members (excludes halogenated alkanes) is 2. The van der Waals surface area contributed by atoms with Crippen molar-refractivity contribution in [3.63, 3.8) is 0 Å². The van der Waals surface area contributed by atoms with E-state index in [0.717, 1.165) is 32.2 Å². The summed E-state index contributed by atoms with van der Waals surface area (Å²) in [5.41, 5.74) is 0. The van der Waals surface area contributed by atoms with Crippen molar-refractivity contribution in [2.75, 3.05) is 18.4 Å². The monoisotopic (exact) mass is 286 g/mol. The van der Waals surface area contributed by atoms with Gasteiger partial charge in [0.15, 0.2) is 0 Å². The van der Waals surface area contributed by atoms with E-state index in [0.29, 0.717) is 12.5 Å². The molecule has 0 spiro atoms. The SMILES string of the molecule is CCCCCNS(=O)(=O)c1cnc(NCCC)nc1. The van der Waals surface area contributed by atoms with Crippen LogP contribution in [0.25, 0.3) is 0 Å². The maximum absolute atomic E-state index is 11.9. The summed E-state index contributed by atoms with van der Waals surface area (Å²) in [6, 6.07) is 0. The molecule has 0 radical (unpaired) electrons. The predicted molar refractivity (Wildman–Crippen MR) is 75.5 cm³/mol. The quantitative estimate of drug-likeness (QED) is 0.676. The van der Waals surface area contributed by atoms with Gasteiger partial charge in [-0.05, 0) is 12.8 Å². The molecule has 1 heterocycles. The van der Waals surface area contributed by atoms with Crippen molar-refractivity contribution in [3.05, 3.63) is 12.4 Å². The van der Waals surface area contributed by atoms with Gasteiger partial charge in [0.25, 0.3) is 0 Å². The van der Waals surface area contributed by atoms with E-state index in [2.05, 4.69) is 26.9 Å². The highest BCUT2D eigenvalue weighted by Gasteiger charge is 2.14. The van der Waals surface area contributed by atoms with Crippen LogP contribution in [0, 0.1) is 0 Å². The Kier molecular flexibility index (Phi) is 6.72. The van der Waals surface area contributed by atoms with Crippen LogP contribution in [-0.2, 0) is 10.0 Å². The van der Waals surface area contributed by atoms with Crippen molar-refractivity contribution in [2.45, 2.75) is 44.4 Å². The van der Waals surface area contributed by atoms with Crippen molar-refractivity contribution in [3.8, 4) is 0 Å². The third kappa shape index (κ3) is 5.52. The van der Waals surface area contributed by atoms with Crippen molar-refractivity contribution in [1.29, 1.82) is 0 Å². The molecule has 0 aliphatic carbocycles. The molecule has 0 unspecified atom stereocenters. The first-order valence-electron chi connectivity index (χ1n) is 6.65. The first-order valence-corrected chi connectivity index (χ1v) is 8.14. The van der Waals surface area contributed by atoms with Gasteiger partial charge in [-0.1, -0.05) is 26.7 Å². The van der Waals surface area contributed by atoms with E-state index in [-0.39, 0.29) is 4.90 Å². The molecule has 0 bridgehead atoms. The second kappa shape index (κ2) is 8.06. The van der Waals surface area contributed by atoms with Crippen molar-refractivity contribution < 1.29 is 8.42 Å². The van der Waals surface area contributed by atoms with Gasteiger partial charge in [0.1, 0.15) is 4.90 Å². The molecule has 0 saturated heterocycles. The topological polar surface area (TPSA) is 84.0 Å². The number of sulfonamides is 1. The fourth-order valence-electron chi connectivity index (χ4n) is 1.45. The summed E-state index contributed by atoms with van der Waals surface area (Å²) < 4.78 is 26.4. The molecule has 7 heteroatoms. The van der Waals surface area contributed by atoms with Crippen LogP contribution in [-0.4, -0.2) is 31.5 Å². The van der Waals surface area contributed by atoms with Crippen LogP contribution >= 0.6 is 0 Å². The second-order valence-corrected chi connectivity index (χ2v) is 6.04. The molecule has 19 heavy (non-hydrogen) atoms. The third-order valence-electron chi connectivity index (χ3n) is 2.54. The fourth-order valence-corrected chi connectivity index (χ4v) is 2.41. The standard InChI is InChI=1S/C12H22N4O2S/c1-3-5-6-8-16-19(17,18)11-9-14-12(15-10-11)13-7-4-2/h9-10,16H,3-8H2,1-2H3,(H,13,14,15). The lowest BCUT2D eigenvalue weighted by Crippen LogP contribution is -2.25. The van der Waals surface area contributed by atoms with Gasteiger partial charge in [-0.3, -0.25) is 0 Å². The zero-order valence-electron chi connectivity index (χ0n) is 11.5. The van der Waals surface area contributed by atoms with Gasteiger partial charge in [-0.15, -0.1) is 0 Å². The smallest absolute Gasteiger partial charge is 0.243 e. The van der Waals surface area contributed by atoms with Crippen LogP contribution in [0.4, 0.5) is 5.95 Å². The summed E-state index contributed by atoms with van der Waals surface area (Å²) in [4.78, 5) is 8.07. The summed E-state index contributed by atoms with van der Waals surface area (Å²) in [6.07, 6.45) is 6.52. The number of hydrogen-bond donors (Lipinski definition) is 2. The summed E-state index contributed by atoms with van der Waals surface area (Å²) >= 11 is 0. The number of anilines is 1. The molecule has 0 amide bonds. The maximum Gasteiger partial charge on any atom is 0.243 e. The Bertz CT molecular complexity index is 459. The van der Waals surface area contributed by atoms with Gasteiger partial charge in [0.05, 0.1) is 12.4 Å². The van der Waals surface area contributed by atoms with Gasteiger partial charge in [-0.25, -0.2) is 23.1 Å². The van der Waals surface area contributed by atoms with E-state index in [1.54, 1.807) is 0 Å². The highest BCUT2D eigenvalue weighted by atomic mass is 32.2. The zero-order valence-corrected chi connectivity index (χ0v) is 12.3. The predicted octanol–water partition coefficient (Wildman–Crippen LogP) is 1.77. The minimum atomic E-state index is -3.48. The van der Waals surface area contributed by atoms with Crippen molar-refractivity contribution >= 4 is 16.0 Å². The van der Waals surface area contributed by atoms with E-state index in [4.69, 9.17) is 0 Å². The highest BCUT2D eigenvalue weighted by Crippen LogP contribution is 2.07. The van der Waals surface area contributed by atoms with Gasteiger partial charge >= 0.3 is 0 Å². The lowest BCUT2D eigenvalue weighted by Gasteiger charge is -2.07. The molecule has 0 aliphatic heterocycles. The molecule has 0 aromatic carbocycles. The largest absolute Gasteiger partial charge is 0.354 e. The van der Waals surface area contributed by atoms with Gasteiger partial charge in [-0.2, -0.15) is 0 Å². The van der Waals surface area contributed by atoms with Crippen LogP contribution in [0.5, 0.6) is 0 Å². The molecule has 108 valence electrons. The molecule has 0 atom stereocenters. The van der Waals surface area contributed by atoms with Crippen LogP contribution in [0.3, 0.4) is 0 Å². The van der Waals surface area contributed by atoms with Crippen molar-refractivity contribution in [1.82, 2.24) is 14.7 Å². The highest BCUT2D eigenvalue weighted by molar-refractivity contribution is 7.89. The number of aromatic nitrogens is 2. The van der Waals surface area contributed by atoms with Gasteiger partial charge in [0.2, 0.25) is 16.0 Å². The zero-order chi connectivity index (χ0) is 14.1. The average Bonchev–Trinajstić information content (AvgIpc) is 2.42. The second-order valence-electron chi connectivity index (χ2n) is 4.27. The first kappa shape index (κ1) is 15.8. The van der Waals surface area contributed by atoms with E-state index in [9.17, 15) is 8.42 Å². The lowest BCUT2D eigenvalue weighted by molar-refractivity contribution is 0.575. The van der Waals surface area contributed by atoms with Crippen molar-refractivity contribution in [2.24, 2.45) is 0 Å². The number of hydrogen-bond acceptors (Lipinski definition) is 5. The van der Waals surface area contributed by atoms with Crippen LogP contribution in [0.2, 0.25) is 0 Å². The third-order valence-corrected chi connectivity index (χ3v) is 3.96. The summed E-state index contributed by atoms with van der Waals surface area (Å²) in [5.74, 6) is 0.451. The van der Waals surface area contributed by atoms with Gasteiger partial charge < -0.3 is 5.32 Å². The summed E-state index contributed by atoms with van der Waals surface area (Å²) in [5, 5.41) is 3.00. The Balaban J connectivity index is 2.58. The van der Waals surface area contributed by atoms with E-state index >= 15 is 0 Å². The number of nitrogens with zero attached hydrogens (tertiary/aromatic N) is 2. The Morgan fingerprint density at radius 1 is 1.05 bits per heavy atom. The Labute approximate surface area is 115 Å². The Morgan fingerprint density at radius 3 is 2.32 bits per heavy atom. The molecular weight excluding hydrogens is 264 g/mol. The van der Waals surface area contributed by atoms with Crippen LogP contribution in [0.15, 0.2) is 17.3 Å². The van der Waals surface area contributed by atoms with Crippen LogP contribution in [0.1, 0.15) is 39.5 Å². The Morgan fingerprint density at radius 2 is 1.74 bits per heavy atom. The molecule has 0 saturated carbocycles. The number of rotatable bonds is 9. The summed E-state index contributed by atoms with van der Waals surface area (Å²) in [6.45, 7) is 5.32. The molecule has 1 aromatic rings. The first-order chi connectivity index (χ1) is 9.10. The van der Waals surface area contributed by atoms with Gasteiger partial charge in [0, 0.05) is 13.1 Å². The summed E-state index contributed by atoms with van der Waals surface area (Å²) in [7, 11) is -3.48. The minimum absolute atomic E-state index is 0.103. The lowest BCUT2D eigenvalue weighted by atomic mass is 10.3.